The molecule has 1 aliphatic heterocycles. The van der Waals surface area contributed by atoms with Gasteiger partial charge in [0.1, 0.15) is 6.61 Å². The van der Waals surface area contributed by atoms with Crippen LogP contribution in [-0.4, -0.2) is 35.8 Å². The van der Waals surface area contributed by atoms with Crippen LogP contribution in [0.2, 0.25) is 0 Å². The Bertz CT molecular complexity index is 813. The maximum Gasteiger partial charge on any atom is 0.269 e. The van der Waals surface area contributed by atoms with Gasteiger partial charge in [-0.2, -0.15) is 5.10 Å². The molecule has 0 unspecified atom stereocenters. The number of nitro benzene ring substituents is 1. The summed E-state index contributed by atoms with van der Waals surface area (Å²) in [5.74, 6) is 0.517. The van der Waals surface area contributed by atoms with Crippen molar-refractivity contribution in [1.82, 2.24) is 19.2 Å². The third-order valence-electron chi connectivity index (χ3n) is 4.10. The highest BCUT2D eigenvalue weighted by molar-refractivity contribution is 7.71. The van der Waals surface area contributed by atoms with Crippen molar-refractivity contribution in [3.05, 3.63) is 50.0 Å². The van der Waals surface area contributed by atoms with Gasteiger partial charge >= 0.3 is 0 Å². The fourth-order valence-corrected chi connectivity index (χ4v) is 2.99. The molecular formula is C14H17N5O3S. The van der Waals surface area contributed by atoms with Crippen LogP contribution in [0.4, 0.5) is 5.69 Å². The molecule has 0 saturated carbocycles. The van der Waals surface area contributed by atoms with Crippen LogP contribution < -0.4 is 0 Å². The largest absolute Gasteiger partial charge is 0.388 e. The fraction of sp³-hybridized carbons (Fsp3) is 0.429. The normalized spacial score (nSPS) is 14.7. The maximum absolute atomic E-state index is 10.9. The number of nitro groups is 1. The standard InChI is InChI=1S/C14H17N5O3S/c1-16-13(8-20)15-18(14(16)23)9-17-5-4-10-2-3-12(19(21)22)6-11(10)7-17/h2-3,6,20H,4-5,7-9H2,1H3. The van der Waals surface area contributed by atoms with Gasteiger partial charge in [-0.05, 0) is 29.8 Å². The average molecular weight is 335 g/mol. The topological polar surface area (TPSA) is 89.4 Å². The van der Waals surface area contributed by atoms with E-state index in [4.69, 9.17) is 12.2 Å². The molecule has 23 heavy (non-hydrogen) atoms. The molecule has 0 aliphatic carbocycles. The van der Waals surface area contributed by atoms with E-state index in [2.05, 4.69) is 10.00 Å². The van der Waals surface area contributed by atoms with E-state index in [1.165, 1.54) is 0 Å². The molecule has 0 bridgehead atoms. The number of hydrogen-bond acceptors (Lipinski definition) is 6. The predicted octanol–water partition coefficient (Wildman–Crippen LogP) is 1.37. The van der Waals surface area contributed by atoms with Crippen LogP contribution in [0.1, 0.15) is 17.0 Å². The summed E-state index contributed by atoms with van der Waals surface area (Å²) in [5.41, 5.74) is 2.23. The number of aromatic nitrogens is 3. The average Bonchev–Trinajstić information content (AvgIpc) is 2.82. The fourth-order valence-electron chi connectivity index (χ4n) is 2.79. The van der Waals surface area contributed by atoms with Gasteiger partial charge in [0.25, 0.3) is 5.69 Å². The van der Waals surface area contributed by atoms with Gasteiger partial charge in [0.15, 0.2) is 10.6 Å². The highest BCUT2D eigenvalue weighted by Crippen LogP contribution is 2.24. The summed E-state index contributed by atoms with van der Waals surface area (Å²) in [4.78, 5) is 12.7. The number of benzene rings is 1. The molecule has 3 rings (SSSR count). The molecule has 0 spiro atoms. The second kappa shape index (κ2) is 6.19. The summed E-state index contributed by atoms with van der Waals surface area (Å²) in [6, 6.07) is 5.02. The molecule has 2 heterocycles. The van der Waals surface area contributed by atoms with Gasteiger partial charge in [-0.25, -0.2) is 4.68 Å². The van der Waals surface area contributed by atoms with Crippen LogP contribution in [0.25, 0.3) is 0 Å². The second-order valence-corrected chi connectivity index (χ2v) is 5.93. The number of hydrogen-bond donors (Lipinski definition) is 1. The summed E-state index contributed by atoms with van der Waals surface area (Å²) in [7, 11) is 1.77. The Kier molecular flexibility index (Phi) is 4.24. The summed E-state index contributed by atoms with van der Waals surface area (Å²) in [6.45, 7) is 1.78. The summed E-state index contributed by atoms with van der Waals surface area (Å²) < 4.78 is 3.89. The van der Waals surface area contributed by atoms with E-state index in [1.54, 1.807) is 28.4 Å². The van der Waals surface area contributed by atoms with Crippen molar-refractivity contribution in [2.45, 2.75) is 26.2 Å². The zero-order chi connectivity index (χ0) is 16.6. The zero-order valence-electron chi connectivity index (χ0n) is 12.7. The third kappa shape index (κ3) is 3.03. The molecule has 1 aromatic heterocycles. The van der Waals surface area contributed by atoms with E-state index in [0.717, 1.165) is 24.1 Å². The van der Waals surface area contributed by atoms with Crippen molar-refractivity contribution in [3.63, 3.8) is 0 Å². The Morgan fingerprint density at radius 3 is 2.87 bits per heavy atom. The monoisotopic (exact) mass is 335 g/mol. The quantitative estimate of drug-likeness (QED) is 0.516. The molecule has 0 fully saturated rings. The molecule has 122 valence electrons. The van der Waals surface area contributed by atoms with Crippen molar-refractivity contribution >= 4 is 17.9 Å². The minimum atomic E-state index is -0.373. The molecule has 0 saturated heterocycles. The molecule has 1 aliphatic rings. The lowest BCUT2D eigenvalue weighted by atomic mass is 9.99. The van der Waals surface area contributed by atoms with Crippen LogP contribution in [0.5, 0.6) is 0 Å². The van der Waals surface area contributed by atoms with Gasteiger partial charge < -0.3 is 9.67 Å². The van der Waals surface area contributed by atoms with Gasteiger partial charge in [-0.15, -0.1) is 0 Å². The lowest BCUT2D eigenvalue weighted by molar-refractivity contribution is -0.385. The summed E-state index contributed by atoms with van der Waals surface area (Å²) in [6.07, 6.45) is 0.834. The Hall–Kier alpha value is -2.10. The molecule has 1 aromatic carbocycles. The van der Waals surface area contributed by atoms with Gasteiger partial charge in [-0.1, -0.05) is 6.07 Å². The molecule has 8 nitrogen and oxygen atoms in total. The molecule has 1 N–H and O–H groups in total. The van der Waals surface area contributed by atoms with E-state index < -0.39 is 0 Å². The molecule has 0 radical (unpaired) electrons. The minimum absolute atomic E-state index is 0.114. The Morgan fingerprint density at radius 2 is 2.22 bits per heavy atom. The lowest BCUT2D eigenvalue weighted by Gasteiger charge is -2.28. The smallest absolute Gasteiger partial charge is 0.269 e. The number of aliphatic hydroxyl groups is 1. The molecule has 2 aromatic rings. The summed E-state index contributed by atoms with van der Waals surface area (Å²) >= 11 is 5.32. The van der Waals surface area contributed by atoms with Gasteiger partial charge in [0.05, 0.1) is 11.6 Å². The highest BCUT2D eigenvalue weighted by atomic mass is 32.1. The predicted molar refractivity (Wildman–Crippen MR) is 85.2 cm³/mol. The molecular weight excluding hydrogens is 318 g/mol. The first-order valence-electron chi connectivity index (χ1n) is 7.21. The number of nitrogens with zero attached hydrogens (tertiary/aromatic N) is 5. The SMILES string of the molecule is Cn1c(CO)nn(CN2CCc3ccc([N+](=O)[O-])cc3C2)c1=S. The number of non-ortho nitro benzene ring substituents is 1. The molecule has 0 amide bonds. The first kappa shape index (κ1) is 15.8. The van der Waals surface area contributed by atoms with Crippen molar-refractivity contribution in [2.24, 2.45) is 7.05 Å². The van der Waals surface area contributed by atoms with Gasteiger partial charge in [0.2, 0.25) is 0 Å². The van der Waals surface area contributed by atoms with E-state index in [0.29, 0.717) is 23.8 Å². The van der Waals surface area contributed by atoms with Crippen LogP contribution in [0.3, 0.4) is 0 Å². The van der Waals surface area contributed by atoms with Crippen molar-refractivity contribution in [2.75, 3.05) is 6.54 Å². The first-order valence-corrected chi connectivity index (χ1v) is 7.62. The lowest BCUT2D eigenvalue weighted by Crippen LogP contribution is -2.32. The van der Waals surface area contributed by atoms with E-state index in [-0.39, 0.29) is 17.2 Å². The van der Waals surface area contributed by atoms with Crippen molar-refractivity contribution in [3.8, 4) is 0 Å². The van der Waals surface area contributed by atoms with Crippen LogP contribution in [0, 0.1) is 14.9 Å². The minimum Gasteiger partial charge on any atom is -0.388 e. The number of rotatable bonds is 4. The Labute approximate surface area is 137 Å². The van der Waals surface area contributed by atoms with Gasteiger partial charge in [0, 0.05) is 32.3 Å². The number of aliphatic hydroxyl groups excluding tert-OH is 1. The Balaban J connectivity index is 1.81. The van der Waals surface area contributed by atoms with Crippen molar-refractivity contribution < 1.29 is 10.0 Å². The van der Waals surface area contributed by atoms with Gasteiger partial charge in [-0.3, -0.25) is 15.0 Å². The van der Waals surface area contributed by atoms with Crippen LogP contribution in [-0.2, 0) is 33.3 Å². The van der Waals surface area contributed by atoms with E-state index in [1.807, 2.05) is 6.07 Å². The third-order valence-corrected chi connectivity index (χ3v) is 4.58. The summed E-state index contributed by atoms with van der Waals surface area (Å²) in [5, 5.41) is 24.5. The van der Waals surface area contributed by atoms with E-state index in [9.17, 15) is 15.2 Å². The molecule has 0 atom stereocenters. The van der Waals surface area contributed by atoms with Crippen LogP contribution >= 0.6 is 12.2 Å². The zero-order valence-corrected chi connectivity index (χ0v) is 13.5. The first-order chi connectivity index (χ1) is 11.0. The number of fused-ring (bicyclic) bond motifs is 1. The highest BCUT2D eigenvalue weighted by Gasteiger charge is 2.20. The van der Waals surface area contributed by atoms with Crippen LogP contribution in [0.15, 0.2) is 18.2 Å². The Morgan fingerprint density at radius 1 is 1.43 bits per heavy atom. The second-order valence-electron chi connectivity index (χ2n) is 5.57. The van der Waals surface area contributed by atoms with E-state index >= 15 is 0 Å². The van der Waals surface area contributed by atoms with Crippen molar-refractivity contribution in [1.29, 1.82) is 0 Å². The molecule has 9 heteroatoms. The maximum atomic E-state index is 10.9.